The van der Waals surface area contributed by atoms with E-state index in [1.165, 1.54) is 0 Å². The Morgan fingerprint density at radius 3 is 2.88 bits per heavy atom. The van der Waals surface area contributed by atoms with E-state index in [1.807, 2.05) is 0 Å². The molecule has 0 aromatic rings. The van der Waals surface area contributed by atoms with Crippen LogP contribution in [0.4, 0.5) is 0 Å². The number of hydrogen-bond acceptors (Lipinski definition) is 2. The Labute approximate surface area is 56.0 Å². The molecule has 1 fully saturated rings. The number of aliphatic hydroxyl groups excluding tert-OH is 1. The molecule has 0 aliphatic carbocycles. The minimum Gasteiger partial charge on any atom is -0.381 e. The lowest BCUT2D eigenvalue weighted by Gasteiger charge is -2.19. The summed E-state index contributed by atoms with van der Waals surface area (Å²) < 4.78 is 3.02. The standard InChI is InChI=1S/C4H9NOS2/c6-4-2-1-3-5-8(4)7/h4-6H,1-3H2. The Balaban J connectivity index is 2.39. The molecule has 1 aliphatic rings. The first kappa shape index (κ1) is 6.61. The second kappa shape index (κ2) is 2.87. The van der Waals surface area contributed by atoms with Crippen LogP contribution in [0.15, 0.2) is 0 Å². The topological polar surface area (TPSA) is 32.3 Å². The monoisotopic (exact) mass is 151 g/mol. The second-order valence-corrected chi connectivity index (χ2v) is 4.29. The maximum atomic E-state index is 9.02. The molecule has 2 nitrogen and oxygen atoms in total. The van der Waals surface area contributed by atoms with Crippen molar-refractivity contribution < 1.29 is 5.11 Å². The van der Waals surface area contributed by atoms with Gasteiger partial charge in [-0.1, -0.05) is 0 Å². The normalized spacial score (nSPS) is 39.6. The van der Waals surface area contributed by atoms with Gasteiger partial charge in [0, 0.05) is 6.54 Å². The smallest absolute Gasteiger partial charge is 0.117 e. The maximum Gasteiger partial charge on any atom is 0.117 e. The molecule has 0 saturated carbocycles. The zero-order chi connectivity index (χ0) is 5.98. The largest absolute Gasteiger partial charge is 0.381 e. The summed E-state index contributed by atoms with van der Waals surface area (Å²) in [6.07, 6.45) is 1.93. The minimum atomic E-state index is -0.346. The van der Waals surface area contributed by atoms with Crippen molar-refractivity contribution in [2.75, 3.05) is 6.54 Å². The zero-order valence-electron chi connectivity index (χ0n) is 4.46. The van der Waals surface area contributed by atoms with Gasteiger partial charge >= 0.3 is 0 Å². The van der Waals surface area contributed by atoms with Crippen molar-refractivity contribution >= 4 is 20.8 Å². The van der Waals surface area contributed by atoms with E-state index in [1.54, 1.807) is 0 Å². The summed E-state index contributed by atoms with van der Waals surface area (Å²) in [4.78, 5) is 0. The molecule has 0 spiro atoms. The molecule has 2 N–H and O–H groups in total. The van der Waals surface area contributed by atoms with Gasteiger partial charge in [-0.05, 0) is 33.7 Å². The summed E-state index contributed by atoms with van der Waals surface area (Å²) in [6.45, 7) is 0.976. The average molecular weight is 151 g/mol. The molecule has 0 aromatic carbocycles. The van der Waals surface area contributed by atoms with Crippen molar-refractivity contribution in [3.05, 3.63) is 0 Å². The van der Waals surface area contributed by atoms with E-state index in [4.69, 9.17) is 16.3 Å². The Bertz CT molecular complexity index is 106. The van der Waals surface area contributed by atoms with Gasteiger partial charge in [-0.15, -0.1) is 0 Å². The van der Waals surface area contributed by atoms with Gasteiger partial charge in [0.25, 0.3) is 0 Å². The first-order chi connectivity index (χ1) is 3.80. The predicted molar refractivity (Wildman–Crippen MR) is 38.0 cm³/mol. The Hall–Kier alpha value is 0.490. The van der Waals surface area contributed by atoms with Gasteiger partial charge in [-0.3, -0.25) is 4.72 Å². The van der Waals surface area contributed by atoms with Crippen LogP contribution in [0.3, 0.4) is 0 Å². The first-order valence-electron chi connectivity index (χ1n) is 2.63. The van der Waals surface area contributed by atoms with Crippen LogP contribution in [0.2, 0.25) is 0 Å². The Morgan fingerprint density at radius 2 is 2.50 bits per heavy atom. The van der Waals surface area contributed by atoms with Crippen molar-refractivity contribution in [2.45, 2.75) is 18.3 Å². The van der Waals surface area contributed by atoms with Crippen LogP contribution in [-0.4, -0.2) is 17.1 Å². The molecule has 0 radical (unpaired) electrons. The van der Waals surface area contributed by atoms with Crippen molar-refractivity contribution in [3.63, 3.8) is 0 Å². The van der Waals surface area contributed by atoms with E-state index >= 15 is 0 Å². The average Bonchev–Trinajstić information content (AvgIpc) is 1.77. The molecule has 1 heterocycles. The lowest BCUT2D eigenvalue weighted by molar-refractivity contribution is 0.241. The molecular weight excluding hydrogens is 142 g/mol. The van der Waals surface area contributed by atoms with E-state index in [0.29, 0.717) is 0 Å². The van der Waals surface area contributed by atoms with Gasteiger partial charge in [0.05, 0.1) is 0 Å². The fourth-order valence-corrected chi connectivity index (χ4v) is 2.11. The molecule has 2 unspecified atom stereocenters. The van der Waals surface area contributed by atoms with Crippen LogP contribution in [-0.2, 0) is 20.8 Å². The van der Waals surface area contributed by atoms with Gasteiger partial charge < -0.3 is 5.11 Å². The van der Waals surface area contributed by atoms with E-state index in [-0.39, 0.29) is 15.1 Å². The summed E-state index contributed by atoms with van der Waals surface area (Å²) in [7, 11) is -0.346. The number of aliphatic hydroxyl groups is 1. The minimum absolute atomic E-state index is 0.265. The third-order valence-electron chi connectivity index (χ3n) is 1.12. The Morgan fingerprint density at radius 1 is 1.75 bits per heavy atom. The van der Waals surface area contributed by atoms with Crippen molar-refractivity contribution in [1.29, 1.82) is 0 Å². The van der Waals surface area contributed by atoms with Crippen LogP contribution in [0.25, 0.3) is 0 Å². The molecule has 8 heavy (non-hydrogen) atoms. The lowest BCUT2D eigenvalue weighted by atomic mass is 10.3. The second-order valence-electron chi connectivity index (χ2n) is 1.79. The van der Waals surface area contributed by atoms with Gasteiger partial charge in [-0.25, -0.2) is 0 Å². The maximum absolute atomic E-state index is 9.02. The third kappa shape index (κ3) is 1.48. The summed E-state index contributed by atoms with van der Waals surface area (Å²) >= 11 is 4.88. The summed E-state index contributed by atoms with van der Waals surface area (Å²) in [5, 5.41) is 9.02. The quantitative estimate of drug-likeness (QED) is 0.498. The highest BCUT2D eigenvalue weighted by Crippen LogP contribution is 2.04. The highest BCUT2D eigenvalue weighted by molar-refractivity contribution is 8.28. The summed E-state index contributed by atoms with van der Waals surface area (Å²) in [5.41, 5.74) is -0.265. The van der Waals surface area contributed by atoms with Gasteiger partial charge in [0.1, 0.15) is 5.44 Å². The predicted octanol–water partition coefficient (Wildman–Crippen LogP) is -0.317. The molecule has 1 aliphatic heterocycles. The highest BCUT2D eigenvalue weighted by Gasteiger charge is 2.12. The summed E-state index contributed by atoms with van der Waals surface area (Å²) in [5.74, 6) is 0. The van der Waals surface area contributed by atoms with Crippen molar-refractivity contribution in [2.24, 2.45) is 0 Å². The van der Waals surface area contributed by atoms with Crippen LogP contribution in [0.5, 0.6) is 0 Å². The van der Waals surface area contributed by atoms with Gasteiger partial charge in [-0.2, -0.15) is 0 Å². The molecular formula is C4H9NOS2. The SMILES string of the molecule is OC1CCCNS1=S. The van der Waals surface area contributed by atoms with Crippen molar-refractivity contribution in [1.82, 2.24) is 4.72 Å². The fourth-order valence-electron chi connectivity index (χ4n) is 0.653. The van der Waals surface area contributed by atoms with E-state index in [9.17, 15) is 0 Å². The molecule has 1 rings (SSSR count). The highest BCUT2D eigenvalue weighted by atomic mass is 32.8. The van der Waals surface area contributed by atoms with Crippen LogP contribution in [0, 0.1) is 0 Å². The van der Waals surface area contributed by atoms with E-state index in [2.05, 4.69) is 4.72 Å². The van der Waals surface area contributed by atoms with E-state index < -0.39 is 0 Å². The van der Waals surface area contributed by atoms with Crippen LogP contribution < -0.4 is 4.72 Å². The number of hydrogen-bond donors (Lipinski definition) is 2. The van der Waals surface area contributed by atoms with Crippen molar-refractivity contribution in [3.8, 4) is 0 Å². The fraction of sp³-hybridized carbons (Fsp3) is 1.00. The van der Waals surface area contributed by atoms with Gasteiger partial charge in [0.15, 0.2) is 0 Å². The van der Waals surface area contributed by atoms with Crippen LogP contribution in [0.1, 0.15) is 12.8 Å². The first-order valence-corrected chi connectivity index (χ1v) is 4.84. The number of nitrogens with one attached hydrogen (secondary N) is 1. The molecule has 0 amide bonds. The Kier molecular flexibility index (Phi) is 2.37. The van der Waals surface area contributed by atoms with E-state index in [0.717, 1.165) is 19.4 Å². The molecule has 4 heteroatoms. The third-order valence-corrected chi connectivity index (χ3v) is 3.36. The molecule has 1 saturated heterocycles. The van der Waals surface area contributed by atoms with Gasteiger partial charge in [0.2, 0.25) is 0 Å². The summed E-state index contributed by atoms with van der Waals surface area (Å²) in [6, 6.07) is 0. The van der Waals surface area contributed by atoms with Crippen LogP contribution >= 0.6 is 0 Å². The molecule has 0 bridgehead atoms. The number of rotatable bonds is 0. The molecule has 48 valence electrons. The lowest BCUT2D eigenvalue weighted by Crippen LogP contribution is -2.33. The zero-order valence-corrected chi connectivity index (χ0v) is 6.10. The molecule has 2 atom stereocenters. The molecule has 0 aromatic heterocycles.